The molecule has 0 atom stereocenters. The fourth-order valence-corrected chi connectivity index (χ4v) is 0. The topological polar surface area (TPSA) is 37.3 Å². The Morgan fingerprint density at radius 3 is 1.27 bits per heavy atom. The molecule has 0 amide bonds. The standard InChI is InChI=1S/C4H12N.C4H8O2/c1-5(2,3)4;1-3(2)4(5)6/h1-4H3;3H,1-2H3,(H,5,6)/q+1;. The van der Waals surface area contributed by atoms with Gasteiger partial charge in [-0.3, -0.25) is 4.79 Å². The summed E-state index contributed by atoms with van der Waals surface area (Å²) < 4.78 is 1.00. The van der Waals surface area contributed by atoms with Gasteiger partial charge >= 0.3 is 5.97 Å². The minimum Gasteiger partial charge on any atom is -0.481 e. The van der Waals surface area contributed by atoms with Crippen LogP contribution in [0.2, 0.25) is 0 Å². The summed E-state index contributed by atoms with van der Waals surface area (Å²) in [6, 6.07) is 0. The zero-order valence-electron chi connectivity index (χ0n) is 8.38. The van der Waals surface area contributed by atoms with E-state index in [4.69, 9.17) is 5.11 Å². The van der Waals surface area contributed by atoms with Crippen LogP contribution in [0.3, 0.4) is 0 Å². The maximum Gasteiger partial charge on any atom is 0.305 e. The molecule has 3 nitrogen and oxygen atoms in total. The van der Waals surface area contributed by atoms with Crippen molar-refractivity contribution >= 4 is 5.97 Å². The Bertz CT molecular complexity index is 108. The van der Waals surface area contributed by atoms with Gasteiger partial charge in [0.05, 0.1) is 34.1 Å². The first kappa shape index (κ1) is 13.1. The molecule has 0 saturated heterocycles. The maximum atomic E-state index is 9.70. The first-order chi connectivity index (χ1) is 4.64. The van der Waals surface area contributed by atoms with Gasteiger partial charge in [0.25, 0.3) is 0 Å². The van der Waals surface area contributed by atoms with E-state index in [-0.39, 0.29) is 5.92 Å². The number of rotatable bonds is 1. The molecule has 0 aliphatic heterocycles. The number of hydrogen-bond donors (Lipinski definition) is 1. The van der Waals surface area contributed by atoms with E-state index in [0.29, 0.717) is 0 Å². The van der Waals surface area contributed by atoms with Gasteiger partial charge in [-0.25, -0.2) is 0 Å². The van der Waals surface area contributed by atoms with E-state index < -0.39 is 5.97 Å². The van der Waals surface area contributed by atoms with Crippen molar-refractivity contribution in [2.75, 3.05) is 28.2 Å². The van der Waals surface area contributed by atoms with Crippen molar-refractivity contribution in [2.24, 2.45) is 5.92 Å². The van der Waals surface area contributed by atoms with Crippen molar-refractivity contribution in [3.63, 3.8) is 0 Å². The van der Waals surface area contributed by atoms with Crippen LogP contribution in [-0.4, -0.2) is 43.7 Å². The Balaban J connectivity index is 0. The summed E-state index contributed by atoms with van der Waals surface area (Å²) in [5.41, 5.74) is 0. The van der Waals surface area contributed by atoms with E-state index in [1.807, 2.05) is 0 Å². The van der Waals surface area contributed by atoms with Crippen LogP contribution < -0.4 is 0 Å². The molecular formula is C8H20NO2+. The fraction of sp³-hybridized carbons (Fsp3) is 0.875. The van der Waals surface area contributed by atoms with Crippen LogP contribution in [0.15, 0.2) is 0 Å². The lowest BCUT2D eigenvalue weighted by Gasteiger charge is -2.14. The molecule has 11 heavy (non-hydrogen) atoms. The van der Waals surface area contributed by atoms with Crippen LogP contribution in [-0.2, 0) is 4.79 Å². The van der Waals surface area contributed by atoms with Crippen LogP contribution in [0.1, 0.15) is 13.8 Å². The molecule has 0 aliphatic rings. The Hall–Kier alpha value is -0.570. The molecule has 0 fully saturated rings. The van der Waals surface area contributed by atoms with Crippen LogP contribution in [0.5, 0.6) is 0 Å². The van der Waals surface area contributed by atoms with Gasteiger partial charge in [0.15, 0.2) is 0 Å². The van der Waals surface area contributed by atoms with E-state index in [9.17, 15) is 4.79 Å². The number of carboxylic acids is 1. The summed E-state index contributed by atoms with van der Waals surface area (Å²) in [7, 11) is 8.50. The van der Waals surface area contributed by atoms with E-state index in [1.165, 1.54) is 0 Å². The third kappa shape index (κ3) is 44.2. The van der Waals surface area contributed by atoms with Crippen LogP contribution in [0.25, 0.3) is 0 Å². The lowest BCUT2D eigenvalue weighted by molar-refractivity contribution is -0.849. The molecule has 0 aliphatic carbocycles. The Morgan fingerprint density at radius 1 is 1.18 bits per heavy atom. The Kier molecular flexibility index (Phi) is 6.09. The van der Waals surface area contributed by atoms with Crippen LogP contribution >= 0.6 is 0 Å². The summed E-state index contributed by atoms with van der Waals surface area (Å²) in [5.74, 6) is -0.972. The molecule has 0 unspecified atom stereocenters. The third-order valence-electron chi connectivity index (χ3n) is 0.494. The molecular weight excluding hydrogens is 142 g/mol. The Labute approximate surface area is 69.2 Å². The second-order valence-corrected chi connectivity index (χ2v) is 4.18. The quantitative estimate of drug-likeness (QED) is 0.585. The number of nitrogens with zero attached hydrogens (tertiary/aromatic N) is 1. The van der Waals surface area contributed by atoms with Gasteiger partial charge in [0.2, 0.25) is 0 Å². The lowest BCUT2D eigenvalue weighted by atomic mass is 10.2. The minimum atomic E-state index is -0.741. The van der Waals surface area contributed by atoms with Crippen LogP contribution in [0, 0.1) is 5.92 Å². The van der Waals surface area contributed by atoms with Gasteiger partial charge in [-0.05, 0) is 0 Å². The smallest absolute Gasteiger partial charge is 0.305 e. The number of carboxylic acid groups (broad SMARTS) is 1. The molecule has 0 saturated carbocycles. The molecule has 3 heteroatoms. The largest absolute Gasteiger partial charge is 0.481 e. The van der Waals surface area contributed by atoms with E-state index in [2.05, 4.69) is 28.2 Å². The number of aliphatic carboxylic acids is 1. The van der Waals surface area contributed by atoms with Crippen molar-refractivity contribution in [3.05, 3.63) is 0 Å². The highest BCUT2D eigenvalue weighted by atomic mass is 16.4. The monoisotopic (exact) mass is 162 g/mol. The first-order valence-corrected chi connectivity index (χ1v) is 3.66. The first-order valence-electron chi connectivity index (χ1n) is 3.66. The number of carbonyl (C=O) groups is 1. The van der Waals surface area contributed by atoms with Gasteiger partial charge in [-0.1, -0.05) is 13.8 Å². The van der Waals surface area contributed by atoms with E-state index in [0.717, 1.165) is 4.48 Å². The third-order valence-corrected chi connectivity index (χ3v) is 0.494. The predicted octanol–water partition coefficient (Wildman–Crippen LogP) is 1.05. The molecule has 0 bridgehead atoms. The van der Waals surface area contributed by atoms with Crippen molar-refractivity contribution in [1.82, 2.24) is 0 Å². The molecule has 0 aromatic heterocycles. The molecule has 0 radical (unpaired) electrons. The van der Waals surface area contributed by atoms with Gasteiger partial charge < -0.3 is 9.59 Å². The van der Waals surface area contributed by atoms with Gasteiger partial charge in [-0.2, -0.15) is 0 Å². The van der Waals surface area contributed by atoms with Gasteiger partial charge in [0, 0.05) is 0 Å². The Morgan fingerprint density at radius 2 is 1.27 bits per heavy atom. The highest BCUT2D eigenvalue weighted by Crippen LogP contribution is 1.87. The SMILES string of the molecule is CC(C)C(=O)O.C[N+](C)(C)C. The summed E-state index contributed by atoms with van der Waals surface area (Å²) >= 11 is 0. The molecule has 0 heterocycles. The number of quaternary nitrogens is 1. The average molecular weight is 162 g/mol. The van der Waals surface area contributed by atoms with Gasteiger partial charge in [-0.15, -0.1) is 0 Å². The fourth-order valence-electron chi connectivity index (χ4n) is 0. The second-order valence-electron chi connectivity index (χ2n) is 4.18. The molecule has 0 aromatic rings. The highest BCUT2D eigenvalue weighted by molar-refractivity contribution is 5.68. The van der Waals surface area contributed by atoms with Crippen LogP contribution in [0.4, 0.5) is 0 Å². The van der Waals surface area contributed by atoms with E-state index in [1.54, 1.807) is 13.8 Å². The molecule has 1 N–H and O–H groups in total. The summed E-state index contributed by atoms with van der Waals surface area (Å²) in [5, 5.41) is 7.99. The maximum absolute atomic E-state index is 9.70. The summed E-state index contributed by atoms with van der Waals surface area (Å²) in [4.78, 5) is 9.70. The average Bonchev–Trinajstić information content (AvgIpc) is 1.59. The molecule has 0 rings (SSSR count). The second kappa shape index (κ2) is 5.13. The predicted molar refractivity (Wildman–Crippen MR) is 46.4 cm³/mol. The normalized spacial score (nSPS) is 10.5. The minimum absolute atomic E-state index is 0.231. The summed E-state index contributed by atoms with van der Waals surface area (Å²) in [6.07, 6.45) is 0. The lowest BCUT2D eigenvalue weighted by Crippen LogP contribution is -2.27. The highest BCUT2D eigenvalue weighted by Gasteiger charge is 1.99. The van der Waals surface area contributed by atoms with E-state index >= 15 is 0 Å². The summed E-state index contributed by atoms with van der Waals surface area (Å²) in [6.45, 7) is 3.28. The molecule has 68 valence electrons. The molecule has 0 aromatic carbocycles. The van der Waals surface area contributed by atoms with Crippen molar-refractivity contribution in [1.29, 1.82) is 0 Å². The zero-order chi connectivity index (χ0) is 9.65. The number of hydrogen-bond acceptors (Lipinski definition) is 1. The van der Waals surface area contributed by atoms with Crippen molar-refractivity contribution in [3.8, 4) is 0 Å². The molecule has 0 spiro atoms. The van der Waals surface area contributed by atoms with Gasteiger partial charge in [0.1, 0.15) is 0 Å². The van der Waals surface area contributed by atoms with Crippen molar-refractivity contribution < 1.29 is 14.4 Å². The zero-order valence-corrected chi connectivity index (χ0v) is 8.38. The van der Waals surface area contributed by atoms with Crippen molar-refractivity contribution in [2.45, 2.75) is 13.8 Å².